The molecule has 4 nitrogen and oxygen atoms in total. The summed E-state index contributed by atoms with van der Waals surface area (Å²) in [7, 11) is 0. The van der Waals surface area contributed by atoms with Crippen LogP contribution in [0.15, 0.2) is 30.3 Å². The van der Waals surface area contributed by atoms with Gasteiger partial charge in [0, 0.05) is 32.8 Å². The fourth-order valence-electron chi connectivity index (χ4n) is 3.40. The normalized spacial score (nSPS) is 22.6. The van der Waals surface area contributed by atoms with Crippen molar-refractivity contribution in [3.63, 3.8) is 0 Å². The molecule has 0 radical (unpaired) electrons. The number of carbonyl (C=O) groups is 1. The first-order chi connectivity index (χ1) is 10.8. The van der Waals surface area contributed by atoms with E-state index in [2.05, 4.69) is 22.3 Å². The summed E-state index contributed by atoms with van der Waals surface area (Å²) in [5.74, 6) is 1.06. The highest BCUT2D eigenvalue weighted by Crippen LogP contribution is 2.21. The molecule has 2 heterocycles. The number of nitrogens with one attached hydrogen (secondary N) is 1. The zero-order valence-electron chi connectivity index (χ0n) is 13.2. The van der Waals surface area contributed by atoms with Gasteiger partial charge in [-0.1, -0.05) is 30.3 Å². The van der Waals surface area contributed by atoms with Crippen molar-refractivity contribution in [2.75, 3.05) is 32.8 Å². The van der Waals surface area contributed by atoms with Gasteiger partial charge in [0.2, 0.25) is 5.91 Å². The third kappa shape index (κ3) is 4.08. The summed E-state index contributed by atoms with van der Waals surface area (Å²) in [6, 6.07) is 10.3. The van der Waals surface area contributed by atoms with Crippen LogP contribution in [0.4, 0.5) is 0 Å². The molecule has 1 aromatic rings. The Morgan fingerprint density at radius 1 is 1.18 bits per heavy atom. The number of ether oxygens (including phenoxy) is 1. The van der Waals surface area contributed by atoms with Gasteiger partial charge in [-0.2, -0.15) is 0 Å². The van der Waals surface area contributed by atoms with Crippen molar-refractivity contribution in [3.05, 3.63) is 35.9 Å². The summed E-state index contributed by atoms with van der Waals surface area (Å²) in [6.07, 6.45) is 3.11. The summed E-state index contributed by atoms with van der Waals surface area (Å²) in [4.78, 5) is 15.0. The predicted molar refractivity (Wildman–Crippen MR) is 86.4 cm³/mol. The molecular formula is C18H26N2O2. The average Bonchev–Trinajstić information content (AvgIpc) is 3.10. The minimum Gasteiger partial charge on any atom is -0.381 e. The first kappa shape index (κ1) is 15.5. The van der Waals surface area contributed by atoms with Gasteiger partial charge in [-0.3, -0.25) is 4.79 Å². The van der Waals surface area contributed by atoms with E-state index in [0.717, 1.165) is 58.7 Å². The standard InChI is InChI=1S/C18H26N2O2/c21-18(17-6-9-19-12-17)20(13-15-4-2-1-3-5-15)14-16-7-10-22-11-8-16/h1-5,16-17,19H,6-14H2. The minimum atomic E-state index is 0.156. The summed E-state index contributed by atoms with van der Waals surface area (Å²) in [6.45, 7) is 5.07. The molecule has 2 saturated heterocycles. The Balaban J connectivity index is 1.67. The van der Waals surface area contributed by atoms with Crippen LogP contribution in [0.25, 0.3) is 0 Å². The van der Waals surface area contributed by atoms with E-state index in [9.17, 15) is 4.79 Å². The molecule has 0 spiro atoms. The molecule has 4 heteroatoms. The largest absolute Gasteiger partial charge is 0.381 e. The van der Waals surface area contributed by atoms with Gasteiger partial charge in [0.1, 0.15) is 0 Å². The highest BCUT2D eigenvalue weighted by molar-refractivity contribution is 5.79. The fraction of sp³-hybridized carbons (Fsp3) is 0.611. The number of hydrogen-bond acceptors (Lipinski definition) is 3. The van der Waals surface area contributed by atoms with Gasteiger partial charge in [0.05, 0.1) is 5.92 Å². The van der Waals surface area contributed by atoms with Crippen LogP contribution in [0.3, 0.4) is 0 Å². The van der Waals surface area contributed by atoms with E-state index in [1.54, 1.807) is 0 Å². The molecule has 2 aliphatic rings. The second-order valence-corrected chi connectivity index (χ2v) is 6.45. The topological polar surface area (TPSA) is 41.6 Å². The zero-order valence-corrected chi connectivity index (χ0v) is 13.2. The smallest absolute Gasteiger partial charge is 0.227 e. The van der Waals surface area contributed by atoms with E-state index >= 15 is 0 Å². The van der Waals surface area contributed by atoms with Gasteiger partial charge < -0.3 is 15.0 Å². The summed E-state index contributed by atoms with van der Waals surface area (Å²) in [5, 5.41) is 3.31. The minimum absolute atomic E-state index is 0.156. The molecule has 1 atom stereocenters. The Morgan fingerprint density at radius 2 is 1.95 bits per heavy atom. The van der Waals surface area contributed by atoms with Crippen molar-refractivity contribution in [1.82, 2.24) is 10.2 Å². The Bertz CT molecular complexity index is 465. The van der Waals surface area contributed by atoms with Crippen molar-refractivity contribution < 1.29 is 9.53 Å². The second-order valence-electron chi connectivity index (χ2n) is 6.45. The highest BCUT2D eigenvalue weighted by atomic mass is 16.5. The lowest BCUT2D eigenvalue weighted by molar-refractivity contribution is -0.136. The SMILES string of the molecule is O=C(C1CCNC1)N(Cc1ccccc1)CC1CCOCC1. The third-order valence-electron chi connectivity index (χ3n) is 4.76. The van der Waals surface area contributed by atoms with Crippen LogP contribution in [0.2, 0.25) is 0 Å². The Labute approximate surface area is 132 Å². The second kappa shape index (κ2) is 7.75. The van der Waals surface area contributed by atoms with E-state index in [-0.39, 0.29) is 5.92 Å². The number of benzene rings is 1. The first-order valence-electron chi connectivity index (χ1n) is 8.44. The number of carbonyl (C=O) groups excluding carboxylic acids is 1. The zero-order chi connectivity index (χ0) is 15.2. The van der Waals surface area contributed by atoms with Crippen molar-refractivity contribution in [1.29, 1.82) is 0 Å². The van der Waals surface area contributed by atoms with Crippen LogP contribution in [-0.2, 0) is 16.1 Å². The Morgan fingerprint density at radius 3 is 2.64 bits per heavy atom. The van der Waals surface area contributed by atoms with E-state index in [1.165, 1.54) is 5.56 Å². The van der Waals surface area contributed by atoms with E-state index in [0.29, 0.717) is 11.8 Å². The lowest BCUT2D eigenvalue weighted by Crippen LogP contribution is -2.40. The monoisotopic (exact) mass is 302 g/mol. The molecule has 0 saturated carbocycles. The summed E-state index contributed by atoms with van der Waals surface area (Å²) >= 11 is 0. The van der Waals surface area contributed by atoms with E-state index in [1.807, 2.05) is 18.2 Å². The van der Waals surface area contributed by atoms with Crippen molar-refractivity contribution in [2.24, 2.45) is 11.8 Å². The quantitative estimate of drug-likeness (QED) is 0.905. The first-order valence-corrected chi connectivity index (χ1v) is 8.44. The van der Waals surface area contributed by atoms with Crippen LogP contribution >= 0.6 is 0 Å². The summed E-state index contributed by atoms with van der Waals surface area (Å²) in [5.41, 5.74) is 1.22. The molecule has 22 heavy (non-hydrogen) atoms. The maximum Gasteiger partial charge on any atom is 0.227 e. The molecule has 0 bridgehead atoms. The molecule has 3 rings (SSSR count). The van der Waals surface area contributed by atoms with Gasteiger partial charge >= 0.3 is 0 Å². The van der Waals surface area contributed by atoms with Crippen LogP contribution < -0.4 is 5.32 Å². The molecule has 1 N–H and O–H groups in total. The van der Waals surface area contributed by atoms with Gasteiger partial charge in [0.25, 0.3) is 0 Å². The van der Waals surface area contributed by atoms with Gasteiger partial charge in [-0.15, -0.1) is 0 Å². The Kier molecular flexibility index (Phi) is 5.46. The van der Waals surface area contributed by atoms with Crippen LogP contribution in [-0.4, -0.2) is 43.7 Å². The lowest BCUT2D eigenvalue weighted by atomic mass is 9.98. The van der Waals surface area contributed by atoms with E-state index in [4.69, 9.17) is 4.74 Å². The molecule has 1 aromatic carbocycles. The highest BCUT2D eigenvalue weighted by Gasteiger charge is 2.29. The maximum absolute atomic E-state index is 12.9. The van der Waals surface area contributed by atoms with Crippen LogP contribution in [0.1, 0.15) is 24.8 Å². The molecule has 2 fully saturated rings. The number of rotatable bonds is 5. The lowest BCUT2D eigenvalue weighted by Gasteiger charge is -2.31. The van der Waals surface area contributed by atoms with Crippen molar-refractivity contribution in [3.8, 4) is 0 Å². The maximum atomic E-state index is 12.9. The van der Waals surface area contributed by atoms with Crippen LogP contribution in [0.5, 0.6) is 0 Å². The molecule has 2 aliphatic heterocycles. The molecule has 0 aliphatic carbocycles. The molecule has 120 valence electrons. The number of amides is 1. The Hall–Kier alpha value is -1.39. The summed E-state index contributed by atoms with van der Waals surface area (Å²) < 4.78 is 5.45. The van der Waals surface area contributed by atoms with Gasteiger partial charge in [0.15, 0.2) is 0 Å². The fourth-order valence-corrected chi connectivity index (χ4v) is 3.40. The number of hydrogen-bond donors (Lipinski definition) is 1. The molecule has 0 aromatic heterocycles. The van der Waals surface area contributed by atoms with Crippen LogP contribution in [0, 0.1) is 11.8 Å². The van der Waals surface area contributed by atoms with Crippen molar-refractivity contribution >= 4 is 5.91 Å². The average molecular weight is 302 g/mol. The van der Waals surface area contributed by atoms with E-state index < -0.39 is 0 Å². The van der Waals surface area contributed by atoms with Gasteiger partial charge in [-0.05, 0) is 37.3 Å². The molecule has 1 amide bonds. The predicted octanol–water partition coefficient (Wildman–Crippen LogP) is 2.05. The third-order valence-corrected chi connectivity index (χ3v) is 4.76. The number of nitrogens with zero attached hydrogens (tertiary/aromatic N) is 1. The van der Waals surface area contributed by atoms with Gasteiger partial charge in [-0.25, -0.2) is 0 Å². The molecular weight excluding hydrogens is 276 g/mol. The molecule has 1 unspecified atom stereocenters. The van der Waals surface area contributed by atoms with Crippen molar-refractivity contribution in [2.45, 2.75) is 25.8 Å².